The monoisotopic (exact) mass is 342 g/mol. The van der Waals surface area contributed by atoms with Gasteiger partial charge in [0.2, 0.25) is 11.8 Å². The third-order valence-corrected chi connectivity index (χ3v) is 2.98. The number of para-hydroxylation sites is 1. The van der Waals surface area contributed by atoms with Crippen LogP contribution in [-0.4, -0.2) is 28.1 Å². The van der Waals surface area contributed by atoms with Crippen LogP contribution in [0.25, 0.3) is 0 Å². The van der Waals surface area contributed by atoms with Crippen LogP contribution in [0.5, 0.6) is 5.75 Å². The molecule has 0 heterocycles. The molecule has 9 nitrogen and oxygen atoms in total. The molecule has 0 saturated carbocycles. The summed E-state index contributed by atoms with van der Waals surface area (Å²) in [6, 6.07) is 12.3. The summed E-state index contributed by atoms with van der Waals surface area (Å²) in [7, 11) is 0. The van der Waals surface area contributed by atoms with Gasteiger partial charge in [0.15, 0.2) is 5.75 Å². The Hall–Kier alpha value is -3.75. The summed E-state index contributed by atoms with van der Waals surface area (Å²) >= 11 is 0. The first-order valence-corrected chi connectivity index (χ1v) is 7.10. The van der Waals surface area contributed by atoms with E-state index in [1.807, 2.05) is 0 Å². The van der Waals surface area contributed by atoms with Crippen molar-refractivity contribution in [1.29, 1.82) is 0 Å². The van der Waals surface area contributed by atoms with Crippen molar-refractivity contribution >= 4 is 29.4 Å². The predicted octanol–water partition coefficient (Wildman–Crippen LogP) is 1.78. The second-order valence-electron chi connectivity index (χ2n) is 4.89. The first-order valence-electron chi connectivity index (χ1n) is 7.10. The van der Waals surface area contributed by atoms with Gasteiger partial charge in [-0.3, -0.25) is 19.7 Å². The number of nitrogens with one attached hydrogen (secondary N) is 2. The number of aromatic hydroxyl groups is 1. The molecule has 9 heteroatoms. The van der Waals surface area contributed by atoms with Crippen LogP contribution in [0.4, 0.5) is 11.4 Å². The van der Waals surface area contributed by atoms with E-state index in [0.717, 1.165) is 12.1 Å². The van der Waals surface area contributed by atoms with E-state index < -0.39 is 34.6 Å². The predicted molar refractivity (Wildman–Crippen MR) is 90.2 cm³/mol. The molecule has 2 aromatic carbocycles. The molecule has 0 fully saturated rings. The molecule has 0 aromatic heterocycles. The topological polar surface area (TPSA) is 134 Å². The van der Waals surface area contributed by atoms with Crippen molar-refractivity contribution in [1.82, 2.24) is 5.43 Å². The molecule has 3 N–H and O–H groups in total. The van der Waals surface area contributed by atoms with Gasteiger partial charge in [0.25, 0.3) is 0 Å². The van der Waals surface area contributed by atoms with Crippen molar-refractivity contribution in [3.63, 3.8) is 0 Å². The molecule has 0 radical (unpaired) electrons. The molecule has 128 valence electrons. The minimum Gasteiger partial charge on any atom is -0.502 e. The van der Waals surface area contributed by atoms with Crippen LogP contribution in [0, 0.1) is 10.1 Å². The number of nitro groups is 1. The molecule has 0 saturated heterocycles. The van der Waals surface area contributed by atoms with Crippen molar-refractivity contribution in [3.8, 4) is 5.75 Å². The van der Waals surface area contributed by atoms with E-state index >= 15 is 0 Å². The molecule has 0 aliphatic carbocycles. The van der Waals surface area contributed by atoms with Gasteiger partial charge in [0.1, 0.15) is 6.42 Å². The van der Waals surface area contributed by atoms with E-state index in [-0.39, 0.29) is 0 Å². The Bertz CT molecular complexity index is 821. The van der Waals surface area contributed by atoms with E-state index in [0.29, 0.717) is 11.3 Å². The van der Waals surface area contributed by atoms with Crippen molar-refractivity contribution in [2.45, 2.75) is 6.42 Å². The summed E-state index contributed by atoms with van der Waals surface area (Å²) in [5.41, 5.74) is 2.55. The van der Waals surface area contributed by atoms with E-state index in [1.165, 1.54) is 12.3 Å². The Balaban J connectivity index is 1.87. The fourth-order valence-corrected chi connectivity index (χ4v) is 1.86. The molecule has 0 unspecified atom stereocenters. The van der Waals surface area contributed by atoms with Crippen LogP contribution in [0.3, 0.4) is 0 Å². The fraction of sp³-hybridized carbons (Fsp3) is 0.0625. The largest absolute Gasteiger partial charge is 0.502 e. The van der Waals surface area contributed by atoms with Crippen LogP contribution < -0.4 is 10.7 Å². The van der Waals surface area contributed by atoms with Crippen LogP contribution in [0.15, 0.2) is 53.6 Å². The van der Waals surface area contributed by atoms with Gasteiger partial charge < -0.3 is 10.4 Å². The van der Waals surface area contributed by atoms with Gasteiger partial charge in [-0.25, -0.2) is 5.43 Å². The van der Waals surface area contributed by atoms with Gasteiger partial charge in [-0.05, 0) is 24.3 Å². The zero-order chi connectivity index (χ0) is 18.2. The van der Waals surface area contributed by atoms with Gasteiger partial charge in [-0.15, -0.1) is 0 Å². The summed E-state index contributed by atoms with van der Waals surface area (Å²) < 4.78 is 0. The van der Waals surface area contributed by atoms with Crippen LogP contribution >= 0.6 is 0 Å². The minimum absolute atomic E-state index is 0.304. The second-order valence-corrected chi connectivity index (χ2v) is 4.89. The molecule has 0 aliphatic rings. The highest BCUT2D eigenvalue weighted by atomic mass is 16.6. The highest BCUT2D eigenvalue weighted by Crippen LogP contribution is 2.25. The molecule has 2 amide bonds. The molecule has 2 aromatic rings. The zero-order valence-electron chi connectivity index (χ0n) is 12.9. The number of nitrogens with zero attached hydrogens (tertiary/aromatic N) is 2. The number of hydrogen-bond donors (Lipinski definition) is 3. The molecule has 0 aliphatic heterocycles. The van der Waals surface area contributed by atoms with Gasteiger partial charge in [-0.1, -0.05) is 18.2 Å². The zero-order valence-corrected chi connectivity index (χ0v) is 12.9. The average molecular weight is 342 g/mol. The smallest absolute Gasteiger partial charge is 0.311 e. The maximum atomic E-state index is 11.7. The van der Waals surface area contributed by atoms with E-state index in [2.05, 4.69) is 15.8 Å². The maximum absolute atomic E-state index is 11.7. The molecular weight excluding hydrogens is 328 g/mol. The summed E-state index contributed by atoms with van der Waals surface area (Å²) in [6.45, 7) is 0. The molecule has 25 heavy (non-hydrogen) atoms. The van der Waals surface area contributed by atoms with Crippen LogP contribution in [0.1, 0.15) is 12.0 Å². The van der Waals surface area contributed by atoms with E-state index in [4.69, 9.17) is 0 Å². The maximum Gasteiger partial charge on any atom is 0.311 e. The number of rotatable bonds is 6. The molecule has 0 bridgehead atoms. The lowest BCUT2D eigenvalue weighted by molar-refractivity contribution is -0.385. The van der Waals surface area contributed by atoms with Crippen LogP contribution in [-0.2, 0) is 9.59 Å². The summed E-state index contributed by atoms with van der Waals surface area (Å²) in [4.78, 5) is 33.3. The molecule has 2 rings (SSSR count). The lowest BCUT2D eigenvalue weighted by Crippen LogP contribution is -2.24. The lowest BCUT2D eigenvalue weighted by atomic mass is 10.2. The Morgan fingerprint density at radius 3 is 2.56 bits per heavy atom. The quantitative estimate of drug-likeness (QED) is 0.318. The van der Waals surface area contributed by atoms with Gasteiger partial charge in [0.05, 0.1) is 11.1 Å². The molecule has 0 spiro atoms. The summed E-state index contributed by atoms with van der Waals surface area (Å²) in [5.74, 6) is -1.61. The number of amides is 2. The van der Waals surface area contributed by atoms with E-state index in [1.54, 1.807) is 30.3 Å². The standard InChI is InChI=1S/C16H14N4O5/c21-14-7-6-11(8-13(14)20(24)25)10-17-19-16(23)9-15(22)18-12-4-2-1-3-5-12/h1-8,10,21H,9H2,(H,18,22)(H,19,23). The number of nitro benzene ring substituents is 1. The van der Waals surface area contributed by atoms with Gasteiger partial charge >= 0.3 is 5.69 Å². The third-order valence-electron chi connectivity index (χ3n) is 2.98. The second kappa shape index (κ2) is 8.20. The first kappa shape index (κ1) is 17.6. The number of benzene rings is 2. The highest BCUT2D eigenvalue weighted by Gasteiger charge is 2.13. The Morgan fingerprint density at radius 2 is 1.88 bits per heavy atom. The van der Waals surface area contributed by atoms with E-state index in [9.17, 15) is 24.8 Å². The highest BCUT2D eigenvalue weighted by molar-refractivity contribution is 6.03. The SMILES string of the molecule is O=C(CC(=O)Nc1ccccc1)NN=Cc1ccc(O)c([N+](=O)[O-])c1. The Kier molecular flexibility index (Phi) is 5.77. The van der Waals surface area contributed by atoms with Crippen molar-refractivity contribution in [3.05, 3.63) is 64.2 Å². The Morgan fingerprint density at radius 1 is 1.16 bits per heavy atom. The number of carbonyl (C=O) groups is 2. The summed E-state index contributed by atoms with van der Waals surface area (Å²) in [5, 5.41) is 26.2. The normalized spacial score (nSPS) is 10.4. The number of hydrogen-bond acceptors (Lipinski definition) is 6. The lowest BCUT2D eigenvalue weighted by Gasteiger charge is -2.03. The van der Waals surface area contributed by atoms with Crippen molar-refractivity contribution < 1.29 is 19.6 Å². The first-order chi connectivity index (χ1) is 12.0. The Labute approximate surface area is 142 Å². The van der Waals surface area contributed by atoms with Gasteiger partial charge in [-0.2, -0.15) is 5.10 Å². The number of anilines is 1. The van der Waals surface area contributed by atoms with Crippen molar-refractivity contribution in [2.75, 3.05) is 5.32 Å². The molecular formula is C16H14N4O5. The number of hydrazone groups is 1. The van der Waals surface area contributed by atoms with Crippen molar-refractivity contribution in [2.24, 2.45) is 5.10 Å². The molecule has 0 atom stereocenters. The number of carbonyl (C=O) groups excluding carboxylic acids is 2. The number of phenols is 1. The number of phenolic OH excluding ortho intramolecular Hbond substituents is 1. The fourth-order valence-electron chi connectivity index (χ4n) is 1.86. The van der Waals surface area contributed by atoms with Crippen LogP contribution in [0.2, 0.25) is 0 Å². The summed E-state index contributed by atoms with van der Waals surface area (Å²) in [6.07, 6.45) is 0.738. The van der Waals surface area contributed by atoms with Gasteiger partial charge in [0, 0.05) is 17.3 Å². The minimum atomic E-state index is -0.737. The third kappa shape index (κ3) is 5.43. The average Bonchev–Trinajstić information content (AvgIpc) is 2.56.